The summed E-state index contributed by atoms with van der Waals surface area (Å²) in [6.07, 6.45) is 10.7. The minimum atomic E-state index is 0.187. The normalized spacial score (nSPS) is 38.7. The maximum absolute atomic E-state index is 12.7. The Morgan fingerprint density at radius 3 is 2.17 bits per heavy atom. The summed E-state index contributed by atoms with van der Waals surface area (Å²) in [4.78, 5) is 16.0. The molecule has 0 amide bonds. The van der Waals surface area contributed by atoms with Crippen molar-refractivity contribution in [1.82, 2.24) is 9.55 Å². The highest BCUT2D eigenvalue weighted by molar-refractivity contribution is 5.25. The molecule has 0 radical (unpaired) electrons. The fourth-order valence-corrected chi connectivity index (χ4v) is 6.49. The van der Waals surface area contributed by atoms with Gasteiger partial charge in [-0.1, -0.05) is 13.8 Å². The molecule has 6 rings (SSSR count). The van der Waals surface area contributed by atoms with Gasteiger partial charge in [-0.2, -0.15) is 0 Å². The molecular formula is C20H30N2O. The first kappa shape index (κ1) is 14.4. The van der Waals surface area contributed by atoms with Crippen molar-refractivity contribution in [2.24, 2.45) is 29.6 Å². The van der Waals surface area contributed by atoms with Crippen LogP contribution in [0.25, 0.3) is 0 Å². The van der Waals surface area contributed by atoms with Crippen LogP contribution in [-0.2, 0) is 6.42 Å². The molecule has 3 heteroatoms. The lowest BCUT2D eigenvalue weighted by Gasteiger charge is -2.54. The van der Waals surface area contributed by atoms with Crippen LogP contribution in [0, 0.1) is 29.6 Å². The summed E-state index contributed by atoms with van der Waals surface area (Å²) in [5.41, 5.74) is 2.93. The minimum absolute atomic E-state index is 0.187. The molecule has 1 aromatic rings. The Bertz CT molecular complexity index is 636. The first-order valence-electron chi connectivity index (χ1n) is 9.93. The van der Waals surface area contributed by atoms with E-state index in [1.807, 2.05) is 0 Å². The third-order valence-corrected chi connectivity index (χ3v) is 7.14. The van der Waals surface area contributed by atoms with E-state index in [1.54, 1.807) is 0 Å². The average molecular weight is 314 g/mol. The van der Waals surface area contributed by atoms with Crippen LogP contribution >= 0.6 is 0 Å². The number of nitrogens with one attached hydrogen (secondary N) is 1. The zero-order valence-electron chi connectivity index (χ0n) is 14.6. The maximum Gasteiger partial charge on any atom is 0.326 e. The van der Waals surface area contributed by atoms with Crippen LogP contribution in [0.5, 0.6) is 0 Å². The van der Waals surface area contributed by atoms with E-state index in [4.69, 9.17) is 0 Å². The van der Waals surface area contributed by atoms with Crippen LogP contribution in [0.1, 0.15) is 82.1 Å². The molecule has 0 unspecified atom stereocenters. The van der Waals surface area contributed by atoms with Gasteiger partial charge in [0, 0.05) is 23.3 Å². The van der Waals surface area contributed by atoms with Crippen molar-refractivity contribution in [1.29, 1.82) is 0 Å². The summed E-state index contributed by atoms with van der Waals surface area (Å²) in [7, 11) is 0. The molecule has 0 saturated heterocycles. The summed E-state index contributed by atoms with van der Waals surface area (Å²) in [6, 6.07) is 0.498. The minimum Gasteiger partial charge on any atom is -0.309 e. The van der Waals surface area contributed by atoms with E-state index in [9.17, 15) is 4.79 Å². The fraction of sp³-hybridized carbons (Fsp3) is 0.850. The van der Waals surface area contributed by atoms with Gasteiger partial charge in [-0.25, -0.2) is 4.79 Å². The number of H-pyrrole nitrogens is 1. The Balaban J connectivity index is 1.57. The van der Waals surface area contributed by atoms with Crippen LogP contribution in [0.2, 0.25) is 0 Å². The van der Waals surface area contributed by atoms with Crippen molar-refractivity contribution in [2.45, 2.75) is 77.2 Å². The van der Waals surface area contributed by atoms with Crippen molar-refractivity contribution in [2.75, 3.05) is 0 Å². The van der Waals surface area contributed by atoms with E-state index in [-0.39, 0.29) is 5.69 Å². The van der Waals surface area contributed by atoms with Crippen LogP contribution < -0.4 is 5.69 Å². The SMILES string of the molecule is CC(C)Cc1c(C2C3CC4CC(C3)CC2C4)[nH]c(=O)n1C1CC1. The molecule has 0 aromatic carbocycles. The Hall–Kier alpha value is -0.990. The number of hydrogen-bond acceptors (Lipinski definition) is 1. The molecule has 1 heterocycles. The number of aromatic nitrogens is 2. The molecule has 3 nitrogen and oxygen atoms in total. The Morgan fingerprint density at radius 1 is 1.04 bits per heavy atom. The van der Waals surface area contributed by atoms with Gasteiger partial charge in [0.05, 0.1) is 0 Å². The van der Waals surface area contributed by atoms with Crippen LogP contribution in [0.15, 0.2) is 4.79 Å². The third kappa shape index (κ3) is 2.26. The molecule has 5 saturated carbocycles. The molecule has 126 valence electrons. The lowest BCUT2D eigenvalue weighted by molar-refractivity contribution is -0.00444. The zero-order valence-corrected chi connectivity index (χ0v) is 14.6. The molecule has 0 aliphatic heterocycles. The van der Waals surface area contributed by atoms with Gasteiger partial charge in [0.15, 0.2) is 0 Å². The van der Waals surface area contributed by atoms with Crippen molar-refractivity contribution in [3.8, 4) is 0 Å². The number of rotatable bonds is 4. The van der Waals surface area contributed by atoms with E-state index in [1.165, 1.54) is 56.3 Å². The van der Waals surface area contributed by atoms with Gasteiger partial charge in [-0.15, -0.1) is 0 Å². The van der Waals surface area contributed by atoms with Gasteiger partial charge in [-0.3, -0.25) is 4.57 Å². The standard InChI is InChI=1S/C20H30N2O/c1-11(2)5-17-19(21-20(23)22(17)16-3-4-16)18-14-7-12-6-13(9-14)10-15(18)8-12/h11-16,18H,3-10H2,1-2H3,(H,21,23). The predicted octanol–water partition coefficient (Wildman–Crippen LogP) is 4.25. The molecular weight excluding hydrogens is 284 g/mol. The summed E-state index contributed by atoms with van der Waals surface area (Å²) >= 11 is 0. The van der Waals surface area contributed by atoms with Crippen LogP contribution in [0.3, 0.4) is 0 Å². The molecule has 5 aliphatic rings. The van der Waals surface area contributed by atoms with Crippen molar-refractivity contribution in [3.05, 3.63) is 21.9 Å². The van der Waals surface area contributed by atoms with E-state index in [0.717, 1.165) is 30.1 Å². The zero-order chi connectivity index (χ0) is 15.7. The second-order valence-corrected chi connectivity index (χ2v) is 9.45. The van der Waals surface area contributed by atoms with Crippen LogP contribution in [0.4, 0.5) is 0 Å². The van der Waals surface area contributed by atoms with Crippen LogP contribution in [-0.4, -0.2) is 9.55 Å². The molecule has 1 aromatic heterocycles. The second-order valence-electron chi connectivity index (χ2n) is 9.45. The van der Waals surface area contributed by atoms with Gasteiger partial charge in [0.1, 0.15) is 0 Å². The quantitative estimate of drug-likeness (QED) is 0.886. The molecule has 1 N–H and O–H groups in total. The van der Waals surface area contributed by atoms with Gasteiger partial charge >= 0.3 is 5.69 Å². The second kappa shape index (κ2) is 5.00. The highest BCUT2D eigenvalue weighted by Crippen LogP contribution is 2.60. The number of imidazole rings is 1. The van der Waals surface area contributed by atoms with Gasteiger partial charge in [0.2, 0.25) is 0 Å². The van der Waals surface area contributed by atoms with Gasteiger partial charge in [0.25, 0.3) is 0 Å². The summed E-state index contributed by atoms with van der Waals surface area (Å²) in [6.45, 7) is 4.57. The summed E-state index contributed by atoms with van der Waals surface area (Å²) in [5, 5.41) is 0. The monoisotopic (exact) mass is 314 g/mol. The molecule has 0 atom stereocenters. The average Bonchev–Trinajstić information content (AvgIpc) is 3.24. The largest absolute Gasteiger partial charge is 0.326 e. The lowest BCUT2D eigenvalue weighted by Crippen LogP contribution is -2.44. The topological polar surface area (TPSA) is 37.8 Å². The molecule has 4 bridgehead atoms. The smallest absolute Gasteiger partial charge is 0.309 e. The number of nitrogens with zero attached hydrogens (tertiary/aromatic N) is 1. The first-order chi connectivity index (χ1) is 11.1. The van der Waals surface area contributed by atoms with Crippen molar-refractivity contribution >= 4 is 0 Å². The van der Waals surface area contributed by atoms with Crippen molar-refractivity contribution in [3.63, 3.8) is 0 Å². The molecule has 5 fully saturated rings. The third-order valence-electron chi connectivity index (χ3n) is 7.14. The van der Waals surface area contributed by atoms with Gasteiger partial charge < -0.3 is 4.98 Å². The summed E-state index contributed by atoms with van der Waals surface area (Å²) in [5.74, 6) is 4.97. The van der Waals surface area contributed by atoms with Gasteiger partial charge in [-0.05, 0) is 81.0 Å². The molecule has 0 spiro atoms. The highest BCUT2D eigenvalue weighted by atomic mass is 16.1. The Kier molecular flexibility index (Phi) is 3.12. The van der Waals surface area contributed by atoms with E-state index >= 15 is 0 Å². The van der Waals surface area contributed by atoms with Crippen molar-refractivity contribution < 1.29 is 0 Å². The lowest BCUT2D eigenvalue weighted by atomic mass is 9.51. The van der Waals surface area contributed by atoms with E-state index in [2.05, 4.69) is 23.4 Å². The van der Waals surface area contributed by atoms with E-state index < -0.39 is 0 Å². The van der Waals surface area contributed by atoms with E-state index in [0.29, 0.717) is 17.9 Å². The molecule has 5 aliphatic carbocycles. The number of aromatic amines is 1. The highest BCUT2D eigenvalue weighted by Gasteiger charge is 2.50. The summed E-state index contributed by atoms with van der Waals surface area (Å²) < 4.78 is 2.15. The Morgan fingerprint density at radius 2 is 1.65 bits per heavy atom. The Labute approximate surface area is 138 Å². The predicted molar refractivity (Wildman–Crippen MR) is 91.7 cm³/mol. The first-order valence-corrected chi connectivity index (χ1v) is 9.93. The number of hydrogen-bond donors (Lipinski definition) is 1. The fourth-order valence-electron chi connectivity index (χ4n) is 6.49. The molecule has 23 heavy (non-hydrogen) atoms. The maximum atomic E-state index is 12.7.